The third-order valence-corrected chi connectivity index (χ3v) is 6.41. The molecule has 2 N–H and O–H groups in total. The summed E-state index contributed by atoms with van der Waals surface area (Å²) in [6, 6.07) is 5.31. The van der Waals surface area contributed by atoms with E-state index in [9.17, 15) is 31.1 Å². The fourth-order valence-corrected chi connectivity index (χ4v) is 4.26. The smallest absolute Gasteiger partial charge is 0.308 e. The number of rotatable bonds is 4. The van der Waals surface area contributed by atoms with Gasteiger partial charge in [0.15, 0.2) is 11.3 Å². The first-order valence-electron chi connectivity index (χ1n) is 10.7. The highest BCUT2D eigenvalue weighted by Gasteiger charge is 2.35. The number of fused-ring (bicyclic) bond motifs is 1. The molecule has 0 atom stereocenters. The maximum absolute atomic E-state index is 13.8. The summed E-state index contributed by atoms with van der Waals surface area (Å²) < 4.78 is 81.9. The van der Waals surface area contributed by atoms with Crippen molar-refractivity contribution in [1.29, 1.82) is 0 Å². The van der Waals surface area contributed by atoms with E-state index in [1.807, 2.05) is 11.9 Å². The van der Waals surface area contributed by atoms with E-state index in [-0.39, 0.29) is 33.7 Å². The number of aromatic nitrogens is 2. The molecule has 4 rings (SSSR count). The van der Waals surface area contributed by atoms with Crippen LogP contribution in [0, 0.1) is 0 Å². The van der Waals surface area contributed by atoms with E-state index >= 15 is 0 Å². The number of benzene rings is 1. The summed E-state index contributed by atoms with van der Waals surface area (Å²) in [5.41, 5.74) is -2.31. The number of piperazine rings is 1. The van der Waals surface area contributed by atoms with Gasteiger partial charge in [-0.25, -0.2) is 9.78 Å². The van der Waals surface area contributed by atoms with E-state index in [1.165, 1.54) is 24.3 Å². The lowest BCUT2D eigenvalue weighted by Gasteiger charge is -2.33. The van der Waals surface area contributed by atoms with Gasteiger partial charge < -0.3 is 15.5 Å². The van der Waals surface area contributed by atoms with Crippen molar-refractivity contribution in [2.24, 2.45) is 0 Å². The Morgan fingerprint density at radius 3 is 2.33 bits per heavy atom. The molecule has 0 radical (unpaired) electrons. The molecule has 0 bridgehead atoms. The van der Waals surface area contributed by atoms with E-state index < -0.39 is 29.6 Å². The van der Waals surface area contributed by atoms with Crippen LogP contribution in [0.2, 0.25) is 0 Å². The maximum atomic E-state index is 13.8. The highest BCUT2D eigenvalue weighted by molar-refractivity contribution is 9.10. The zero-order valence-electron chi connectivity index (χ0n) is 18.8. The third-order valence-electron chi connectivity index (χ3n) is 5.77. The lowest BCUT2D eigenvalue weighted by molar-refractivity contribution is -0.141. The van der Waals surface area contributed by atoms with Gasteiger partial charge in [0.25, 0.3) is 0 Å². The Morgan fingerprint density at radius 2 is 1.69 bits per heavy atom. The minimum Gasteiger partial charge on any atom is -0.308 e. The maximum Gasteiger partial charge on any atom is 0.434 e. The normalized spacial score (nSPS) is 15.9. The van der Waals surface area contributed by atoms with Crippen LogP contribution >= 0.6 is 15.9 Å². The standard InChI is InChI=1S/C22H21BrF6N6O/c1-33-6-8-34(9-7-33)11-13-2-3-14(10-15(13)21(24,25)26)30-20(36)31-16-4-5-18(23)35-12-17(22(27,28)29)32-19(16)35/h2-5,10,12H,6-9,11H2,1H3,(H2,30,31,36). The minimum absolute atomic E-state index is 0.0612. The second kappa shape index (κ2) is 9.90. The van der Waals surface area contributed by atoms with Crippen LogP contribution in [0.15, 0.2) is 41.1 Å². The van der Waals surface area contributed by atoms with Crippen LogP contribution in [0.3, 0.4) is 0 Å². The number of likely N-dealkylation sites (N-methyl/N-ethyl adjacent to an activating group) is 1. The Bertz CT molecular complexity index is 1270. The Balaban J connectivity index is 1.53. The van der Waals surface area contributed by atoms with Crippen molar-refractivity contribution in [2.45, 2.75) is 18.9 Å². The molecule has 1 saturated heterocycles. The molecule has 194 valence electrons. The van der Waals surface area contributed by atoms with E-state index in [0.29, 0.717) is 13.1 Å². The van der Waals surface area contributed by atoms with Crippen LogP contribution in [0.1, 0.15) is 16.8 Å². The first-order chi connectivity index (χ1) is 16.8. The zero-order valence-corrected chi connectivity index (χ0v) is 20.4. The quantitative estimate of drug-likeness (QED) is 0.316. The summed E-state index contributed by atoms with van der Waals surface area (Å²) >= 11 is 3.12. The summed E-state index contributed by atoms with van der Waals surface area (Å²) in [6.45, 7) is 2.91. The van der Waals surface area contributed by atoms with Crippen LogP contribution < -0.4 is 10.6 Å². The van der Waals surface area contributed by atoms with Gasteiger partial charge in [-0.1, -0.05) is 6.07 Å². The van der Waals surface area contributed by atoms with E-state index in [4.69, 9.17) is 0 Å². The van der Waals surface area contributed by atoms with Crippen molar-refractivity contribution < 1.29 is 31.1 Å². The number of nitrogens with zero attached hydrogens (tertiary/aromatic N) is 4. The Labute approximate surface area is 210 Å². The molecule has 3 aromatic rings. The van der Waals surface area contributed by atoms with Crippen molar-refractivity contribution in [3.8, 4) is 0 Å². The highest BCUT2D eigenvalue weighted by Crippen LogP contribution is 2.35. The van der Waals surface area contributed by atoms with Crippen LogP contribution in [0.5, 0.6) is 0 Å². The van der Waals surface area contributed by atoms with Crippen molar-refractivity contribution in [2.75, 3.05) is 43.9 Å². The number of amides is 2. The third kappa shape index (κ3) is 5.93. The molecule has 3 heterocycles. The molecule has 1 fully saturated rings. The van der Waals surface area contributed by atoms with Gasteiger partial charge in [0.1, 0.15) is 0 Å². The highest BCUT2D eigenvalue weighted by atomic mass is 79.9. The first-order valence-corrected chi connectivity index (χ1v) is 11.5. The predicted molar refractivity (Wildman–Crippen MR) is 125 cm³/mol. The minimum atomic E-state index is -4.70. The summed E-state index contributed by atoms with van der Waals surface area (Å²) in [7, 11) is 1.95. The second-order valence-electron chi connectivity index (χ2n) is 8.42. The first kappa shape index (κ1) is 26.2. The summed E-state index contributed by atoms with van der Waals surface area (Å²) in [5.74, 6) is 0. The fraction of sp³-hybridized carbons (Fsp3) is 0.364. The number of hydrogen-bond donors (Lipinski definition) is 2. The van der Waals surface area contributed by atoms with Gasteiger partial charge in [0.05, 0.1) is 15.9 Å². The number of alkyl halides is 6. The van der Waals surface area contributed by atoms with Crippen LogP contribution in [-0.2, 0) is 18.9 Å². The SMILES string of the molecule is CN1CCN(Cc2ccc(NC(=O)Nc3ccc(Br)n4cc(C(F)(F)F)nc34)cc2C(F)(F)F)CC1. The Hall–Kier alpha value is -2.84. The van der Waals surface area contributed by atoms with Gasteiger partial charge in [0.2, 0.25) is 0 Å². The summed E-state index contributed by atoms with van der Waals surface area (Å²) in [4.78, 5) is 20.1. The van der Waals surface area contributed by atoms with Gasteiger partial charge in [0, 0.05) is 44.6 Å². The monoisotopic (exact) mass is 578 g/mol. The molecule has 2 aromatic heterocycles. The fourth-order valence-electron chi connectivity index (χ4n) is 3.86. The van der Waals surface area contributed by atoms with Crippen molar-refractivity contribution >= 4 is 39.0 Å². The molecule has 1 aliphatic rings. The molecule has 1 aliphatic heterocycles. The molecule has 1 aromatic carbocycles. The molecule has 0 spiro atoms. The molecule has 14 heteroatoms. The largest absolute Gasteiger partial charge is 0.434 e. The van der Waals surface area contributed by atoms with E-state index in [1.54, 1.807) is 0 Å². The van der Waals surface area contributed by atoms with Gasteiger partial charge in [-0.3, -0.25) is 9.30 Å². The molecule has 36 heavy (non-hydrogen) atoms. The van der Waals surface area contributed by atoms with Crippen LogP contribution in [0.25, 0.3) is 5.65 Å². The molecule has 7 nitrogen and oxygen atoms in total. The number of halogens is 7. The van der Waals surface area contributed by atoms with E-state index in [2.05, 4.69) is 36.4 Å². The number of urea groups is 1. The number of nitrogens with one attached hydrogen (secondary N) is 2. The summed E-state index contributed by atoms with van der Waals surface area (Å²) in [6.07, 6.45) is -8.58. The van der Waals surface area contributed by atoms with Gasteiger partial charge >= 0.3 is 18.4 Å². The molecule has 2 amide bonds. The Kier molecular flexibility index (Phi) is 7.21. The average molecular weight is 579 g/mol. The van der Waals surface area contributed by atoms with Crippen LogP contribution in [-0.4, -0.2) is 58.4 Å². The van der Waals surface area contributed by atoms with E-state index in [0.717, 1.165) is 29.8 Å². The summed E-state index contributed by atoms with van der Waals surface area (Å²) in [5, 5.41) is 4.67. The number of imidazole rings is 1. The number of carbonyl (C=O) groups excluding carboxylic acids is 1. The number of hydrogen-bond acceptors (Lipinski definition) is 4. The Morgan fingerprint density at radius 1 is 1.00 bits per heavy atom. The molecule has 0 unspecified atom stereocenters. The zero-order chi connectivity index (χ0) is 26.3. The van der Waals surface area contributed by atoms with Crippen LogP contribution in [0.4, 0.5) is 42.5 Å². The van der Waals surface area contributed by atoms with Gasteiger partial charge in [-0.05, 0) is 52.8 Å². The second-order valence-corrected chi connectivity index (χ2v) is 9.23. The molecular weight excluding hydrogens is 558 g/mol. The number of carbonyl (C=O) groups is 1. The molecule has 0 aliphatic carbocycles. The lowest BCUT2D eigenvalue weighted by atomic mass is 10.0. The predicted octanol–water partition coefficient (Wildman–Crippen LogP) is 5.53. The van der Waals surface area contributed by atoms with Crippen molar-refractivity contribution in [1.82, 2.24) is 19.2 Å². The molecular formula is C22H21BrF6N6O. The molecule has 0 saturated carbocycles. The van der Waals surface area contributed by atoms with Gasteiger partial charge in [-0.15, -0.1) is 0 Å². The number of anilines is 2. The van der Waals surface area contributed by atoms with Crippen molar-refractivity contribution in [3.05, 3.63) is 58.0 Å². The number of pyridine rings is 1. The lowest BCUT2D eigenvalue weighted by Crippen LogP contribution is -2.44. The van der Waals surface area contributed by atoms with Gasteiger partial charge in [-0.2, -0.15) is 26.3 Å². The van der Waals surface area contributed by atoms with Crippen molar-refractivity contribution in [3.63, 3.8) is 0 Å². The average Bonchev–Trinajstić information content (AvgIpc) is 3.25. The topological polar surface area (TPSA) is 64.9 Å².